The third-order valence-electron chi connectivity index (χ3n) is 3.98. The van der Waals surface area contributed by atoms with E-state index in [0.29, 0.717) is 23.5 Å². The van der Waals surface area contributed by atoms with E-state index in [0.717, 1.165) is 11.1 Å². The maximum absolute atomic E-state index is 11.9. The molecule has 27 heavy (non-hydrogen) atoms. The molecule has 0 aliphatic rings. The van der Waals surface area contributed by atoms with Gasteiger partial charge in [-0.2, -0.15) is 0 Å². The standard InChI is InChI=1S/C21H19NO4S/c1-2-26-21(23)18-10-14-20(15-11-18)22(27(24)25)19-12-8-17(9-13-19)16-6-4-3-5-7-16/h3-15H,2H2,1H3,(H,24,25). The number of nitrogens with zero attached hydrogens (tertiary/aromatic N) is 1. The second kappa shape index (κ2) is 8.62. The first-order valence-electron chi connectivity index (χ1n) is 8.44. The number of rotatable bonds is 6. The number of esters is 1. The average molecular weight is 381 g/mol. The average Bonchev–Trinajstić information content (AvgIpc) is 2.70. The van der Waals surface area contributed by atoms with Gasteiger partial charge in [0.25, 0.3) is 11.3 Å². The lowest BCUT2D eigenvalue weighted by atomic mass is 10.1. The van der Waals surface area contributed by atoms with Crippen molar-refractivity contribution in [3.63, 3.8) is 0 Å². The van der Waals surface area contributed by atoms with Crippen molar-refractivity contribution >= 4 is 28.6 Å². The smallest absolute Gasteiger partial charge is 0.338 e. The highest BCUT2D eigenvalue weighted by Gasteiger charge is 2.16. The molecular formula is C21H19NO4S. The van der Waals surface area contributed by atoms with Crippen LogP contribution in [0.2, 0.25) is 0 Å². The Morgan fingerprint density at radius 1 is 0.889 bits per heavy atom. The van der Waals surface area contributed by atoms with E-state index >= 15 is 0 Å². The molecule has 0 amide bonds. The van der Waals surface area contributed by atoms with Crippen molar-refractivity contribution in [2.45, 2.75) is 6.92 Å². The number of hydrogen-bond acceptors (Lipinski definition) is 3. The van der Waals surface area contributed by atoms with Crippen LogP contribution in [0.25, 0.3) is 11.1 Å². The molecule has 0 aliphatic heterocycles. The van der Waals surface area contributed by atoms with E-state index in [9.17, 15) is 13.6 Å². The zero-order valence-corrected chi connectivity index (χ0v) is 15.6. The van der Waals surface area contributed by atoms with Crippen LogP contribution in [0.3, 0.4) is 0 Å². The lowest BCUT2D eigenvalue weighted by Crippen LogP contribution is -2.19. The molecule has 5 nitrogen and oxygen atoms in total. The topological polar surface area (TPSA) is 66.8 Å². The summed E-state index contributed by atoms with van der Waals surface area (Å²) in [6, 6.07) is 23.6. The Bertz CT molecular complexity index is 925. The van der Waals surface area contributed by atoms with Crippen LogP contribution in [0.1, 0.15) is 17.3 Å². The summed E-state index contributed by atoms with van der Waals surface area (Å²) >= 11 is -2.26. The molecule has 0 saturated carbocycles. The van der Waals surface area contributed by atoms with Crippen molar-refractivity contribution < 1.29 is 18.3 Å². The fraction of sp³-hybridized carbons (Fsp3) is 0.0952. The number of carbonyl (C=O) groups is 1. The molecule has 1 atom stereocenters. The van der Waals surface area contributed by atoms with Gasteiger partial charge in [0, 0.05) is 0 Å². The molecule has 0 aromatic heterocycles. The first kappa shape index (κ1) is 18.8. The van der Waals surface area contributed by atoms with Crippen molar-refractivity contribution in [2.75, 3.05) is 10.9 Å². The molecule has 0 heterocycles. The highest BCUT2D eigenvalue weighted by atomic mass is 32.2. The molecule has 3 rings (SSSR count). The van der Waals surface area contributed by atoms with Crippen LogP contribution in [0.15, 0.2) is 78.9 Å². The molecule has 0 radical (unpaired) electrons. The molecule has 0 fully saturated rings. The summed E-state index contributed by atoms with van der Waals surface area (Å²) in [4.78, 5) is 11.8. The first-order chi connectivity index (χ1) is 13.1. The van der Waals surface area contributed by atoms with Crippen LogP contribution in [-0.2, 0) is 16.0 Å². The van der Waals surface area contributed by atoms with E-state index in [1.807, 2.05) is 42.5 Å². The van der Waals surface area contributed by atoms with E-state index in [4.69, 9.17) is 4.74 Å². The zero-order valence-electron chi connectivity index (χ0n) is 14.7. The summed E-state index contributed by atoms with van der Waals surface area (Å²) in [6.07, 6.45) is 0. The van der Waals surface area contributed by atoms with Crippen molar-refractivity contribution in [1.29, 1.82) is 0 Å². The van der Waals surface area contributed by atoms with Gasteiger partial charge in [0.2, 0.25) is 0 Å². The molecule has 138 valence electrons. The summed E-state index contributed by atoms with van der Waals surface area (Å²) in [5.74, 6) is -0.423. The van der Waals surface area contributed by atoms with Gasteiger partial charge in [-0.3, -0.25) is 4.55 Å². The Morgan fingerprint density at radius 2 is 1.41 bits per heavy atom. The van der Waals surface area contributed by atoms with Crippen molar-refractivity contribution in [3.8, 4) is 11.1 Å². The van der Waals surface area contributed by atoms with E-state index in [-0.39, 0.29) is 0 Å². The van der Waals surface area contributed by atoms with E-state index in [1.54, 1.807) is 43.3 Å². The van der Waals surface area contributed by atoms with Gasteiger partial charge in [0.05, 0.1) is 23.5 Å². The minimum absolute atomic E-state index is 0.293. The molecule has 0 aliphatic carbocycles. The summed E-state index contributed by atoms with van der Waals surface area (Å²) in [6.45, 7) is 2.03. The van der Waals surface area contributed by atoms with Gasteiger partial charge < -0.3 is 4.74 Å². The van der Waals surface area contributed by atoms with Crippen molar-refractivity contribution in [2.24, 2.45) is 0 Å². The Labute approximate surface area is 160 Å². The minimum Gasteiger partial charge on any atom is -0.462 e. The van der Waals surface area contributed by atoms with Crippen LogP contribution in [0.5, 0.6) is 0 Å². The quantitative estimate of drug-likeness (QED) is 0.492. The van der Waals surface area contributed by atoms with Gasteiger partial charge >= 0.3 is 5.97 Å². The summed E-state index contributed by atoms with van der Waals surface area (Å²) < 4.78 is 27.9. The summed E-state index contributed by atoms with van der Waals surface area (Å²) in [5.41, 5.74) is 3.54. The predicted molar refractivity (Wildman–Crippen MR) is 107 cm³/mol. The summed E-state index contributed by atoms with van der Waals surface area (Å²) in [7, 11) is 0. The second-order valence-corrected chi connectivity index (χ2v) is 6.53. The Morgan fingerprint density at radius 3 is 1.93 bits per heavy atom. The van der Waals surface area contributed by atoms with Gasteiger partial charge in [-0.25, -0.2) is 13.3 Å². The number of ether oxygens (including phenoxy) is 1. The van der Waals surface area contributed by atoms with Gasteiger partial charge in [0.1, 0.15) is 0 Å². The van der Waals surface area contributed by atoms with Crippen LogP contribution < -0.4 is 4.31 Å². The lowest BCUT2D eigenvalue weighted by molar-refractivity contribution is 0.0526. The van der Waals surface area contributed by atoms with E-state index < -0.39 is 17.2 Å². The largest absolute Gasteiger partial charge is 0.462 e. The maximum atomic E-state index is 11.9. The molecule has 6 heteroatoms. The monoisotopic (exact) mass is 381 g/mol. The molecule has 3 aromatic carbocycles. The molecule has 1 N–H and O–H groups in total. The molecule has 1 unspecified atom stereocenters. The molecule has 3 aromatic rings. The van der Waals surface area contributed by atoms with Crippen molar-refractivity contribution in [3.05, 3.63) is 84.4 Å². The van der Waals surface area contributed by atoms with E-state index in [2.05, 4.69) is 0 Å². The van der Waals surface area contributed by atoms with Gasteiger partial charge in [0.15, 0.2) is 0 Å². The SMILES string of the molecule is CCOC(=O)c1ccc(N(c2ccc(-c3ccccc3)cc2)S(=O)O)cc1. The number of anilines is 2. The van der Waals surface area contributed by atoms with Gasteiger partial charge in [-0.1, -0.05) is 42.5 Å². The fourth-order valence-corrected chi connectivity index (χ4v) is 3.30. The Hall–Kier alpha value is -2.96. The number of carbonyl (C=O) groups excluding carboxylic acids is 1. The fourth-order valence-electron chi connectivity index (χ4n) is 2.70. The summed E-state index contributed by atoms with van der Waals surface area (Å²) in [5, 5.41) is 0. The molecular weight excluding hydrogens is 362 g/mol. The van der Waals surface area contributed by atoms with Gasteiger partial charge in [-0.15, -0.1) is 0 Å². The van der Waals surface area contributed by atoms with Crippen LogP contribution in [0, 0.1) is 0 Å². The second-order valence-electron chi connectivity index (χ2n) is 5.71. The predicted octanol–water partition coefficient (Wildman–Crippen LogP) is 4.81. The van der Waals surface area contributed by atoms with Crippen molar-refractivity contribution in [1.82, 2.24) is 0 Å². The van der Waals surface area contributed by atoms with Crippen LogP contribution in [-0.4, -0.2) is 21.3 Å². The Balaban J connectivity index is 1.87. The lowest BCUT2D eigenvalue weighted by Gasteiger charge is -2.20. The maximum Gasteiger partial charge on any atom is 0.338 e. The van der Waals surface area contributed by atoms with Gasteiger partial charge in [-0.05, 0) is 54.4 Å². The highest BCUT2D eigenvalue weighted by molar-refractivity contribution is 7.81. The molecule has 0 spiro atoms. The first-order valence-corrected chi connectivity index (χ1v) is 9.50. The third kappa shape index (κ3) is 4.42. The highest BCUT2D eigenvalue weighted by Crippen LogP contribution is 2.29. The van der Waals surface area contributed by atoms with Crippen LogP contribution in [0.4, 0.5) is 11.4 Å². The normalized spacial score (nSPS) is 11.6. The molecule has 0 bridgehead atoms. The minimum atomic E-state index is -2.26. The third-order valence-corrected chi connectivity index (χ3v) is 4.71. The number of hydrogen-bond donors (Lipinski definition) is 1. The number of benzene rings is 3. The zero-order chi connectivity index (χ0) is 19.2. The van der Waals surface area contributed by atoms with E-state index in [1.165, 1.54) is 4.31 Å². The Kier molecular flexibility index (Phi) is 6.01. The molecule has 0 saturated heterocycles. The van der Waals surface area contributed by atoms with Crippen LogP contribution >= 0.6 is 0 Å².